The van der Waals surface area contributed by atoms with Crippen LogP contribution in [-0.4, -0.2) is 31.3 Å². The Morgan fingerprint density at radius 2 is 2.15 bits per heavy atom. The minimum absolute atomic E-state index is 0.0191. The lowest BCUT2D eigenvalue weighted by atomic mass is 10.2. The third-order valence-electron chi connectivity index (χ3n) is 1.90. The minimum Gasteiger partial charge on any atom is -0.364 e. The summed E-state index contributed by atoms with van der Waals surface area (Å²) in [6, 6.07) is 0. The topological polar surface area (TPSA) is 38.3 Å². The van der Waals surface area contributed by atoms with Gasteiger partial charge in [-0.1, -0.05) is 0 Å². The Hall–Kier alpha value is -0.780. The van der Waals surface area contributed by atoms with E-state index >= 15 is 0 Å². The maximum Gasteiger partial charge on any atom is 0.414 e. The number of carbonyl (C=O) groups is 1. The number of hydrogen-bond acceptors (Lipinski definition) is 2. The average Bonchev–Trinajstić information content (AvgIpc) is 2.47. The first kappa shape index (κ1) is 10.3. The Morgan fingerprint density at radius 3 is 2.62 bits per heavy atom. The third-order valence-corrected chi connectivity index (χ3v) is 1.90. The fourth-order valence-electron chi connectivity index (χ4n) is 1.28. The first-order chi connectivity index (χ1) is 6.04. The van der Waals surface area contributed by atoms with E-state index in [1.807, 2.05) is 0 Å². The molecule has 2 unspecified atom stereocenters. The molecule has 0 bridgehead atoms. The van der Waals surface area contributed by atoms with Crippen molar-refractivity contribution < 1.29 is 22.7 Å². The van der Waals surface area contributed by atoms with Crippen molar-refractivity contribution in [1.29, 1.82) is 0 Å². The highest BCUT2D eigenvalue weighted by Gasteiger charge is 2.45. The van der Waals surface area contributed by atoms with Crippen LogP contribution in [0.3, 0.4) is 0 Å². The summed E-state index contributed by atoms with van der Waals surface area (Å²) >= 11 is 0. The highest BCUT2D eigenvalue weighted by molar-refractivity contribution is 5.45. The van der Waals surface area contributed by atoms with Gasteiger partial charge in [-0.05, 0) is 12.8 Å². The highest BCUT2D eigenvalue weighted by Crippen LogP contribution is 2.32. The zero-order valence-electron chi connectivity index (χ0n) is 6.80. The van der Waals surface area contributed by atoms with Crippen LogP contribution in [0.2, 0.25) is 0 Å². The van der Waals surface area contributed by atoms with Crippen molar-refractivity contribution in [3.63, 3.8) is 0 Å². The predicted octanol–water partition coefficient (Wildman–Crippen LogP) is 0.842. The van der Waals surface area contributed by atoms with Crippen molar-refractivity contribution in [3.8, 4) is 0 Å². The van der Waals surface area contributed by atoms with E-state index in [1.165, 1.54) is 0 Å². The van der Waals surface area contributed by atoms with Crippen LogP contribution < -0.4 is 5.32 Å². The number of ether oxygens (including phenoxy) is 1. The number of alkyl halides is 3. The molecule has 0 aliphatic carbocycles. The van der Waals surface area contributed by atoms with Crippen molar-refractivity contribution in [3.05, 3.63) is 0 Å². The lowest BCUT2D eigenvalue weighted by Crippen LogP contribution is -2.31. The summed E-state index contributed by atoms with van der Waals surface area (Å²) in [5.74, 6) is 0. The SMILES string of the molecule is O=CNCC1CCC(C(F)(F)F)O1. The van der Waals surface area contributed by atoms with Crippen LogP contribution in [0, 0.1) is 0 Å². The molecule has 0 saturated carbocycles. The van der Waals surface area contributed by atoms with Crippen molar-refractivity contribution in [2.24, 2.45) is 0 Å². The van der Waals surface area contributed by atoms with Gasteiger partial charge in [-0.2, -0.15) is 13.2 Å². The van der Waals surface area contributed by atoms with E-state index in [-0.39, 0.29) is 13.0 Å². The number of carbonyl (C=O) groups excluding carboxylic acids is 1. The van der Waals surface area contributed by atoms with Gasteiger partial charge in [0, 0.05) is 6.54 Å². The Labute approximate surface area is 73.2 Å². The second-order valence-electron chi connectivity index (χ2n) is 2.89. The van der Waals surface area contributed by atoms with Crippen LogP contribution in [0.4, 0.5) is 13.2 Å². The molecule has 6 heteroatoms. The molecule has 0 aromatic rings. The largest absolute Gasteiger partial charge is 0.414 e. The van der Waals surface area contributed by atoms with Crippen LogP contribution in [0.15, 0.2) is 0 Å². The molecule has 1 heterocycles. The molecule has 1 saturated heterocycles. The average molecular weight is 197 g/mol. The summed E-state index contributed by atoms with van der Waals surface area (Å²) in [5.41, 5.74) is 0. The first-order valence-electron chi connectivity index (χ1n) is 3.93. The normalized spacial score (nSPS) is 28.8. The molecular formula is C7H10F3NO2. The van der Waals surface area contributed by atoms with E-state index in [0.29, 0.717) is 12.8 Å². The van der Waals surface area contributed by atoms with E-state index in [2.05, 4.69) is 10.1 Å². The molecule has 1 N–H and O–H groups in total. The Balaban J connectivity index is 2.32. The van der Waals surface area contributed by atoms with Crippen molar-refractivity contribution >= 4 is 6.41 Å². The van der Waals surface area contributed by atoms with Crippen molar-refractivity contribution in [2.45, 2.75) is 31.2 Å². The molecule has 1 amide bonds. The zero-order chi connectivity index (χ0) is 9.90. The van der Waals surface area contributed by atoms with E-state index in [1.54, 1.807) is 0 Å². The second-order valence-corrected chi connectivity index (χ2v) is 2.89. The van der Waals surface area contributed by atoms with Gasteiger partial charge in [0.25, 0.3) is 0 Å². The Bertz CT molecular complexity index is 183. The zero-order valence-corrected chi connectivity index (χ0v) is 6.80. The molecule has 1 aliphatic heterocycles. The summed E-state index contributed by atoms with van der Waals surface area (Å²) in [4.78, 5) is 9.85. The van der Waals surface area contributed by atoms with Crippen LogP contribution in [0.25, 0.3) is 0 Å². The Morgan fingerprint density at radius 1 is 1.46 bits per heavy atom. The van der Waals surface area contributed by atoms with E-state index in [9.17, 15) is 18.0 Å². The van der Waals surface area contributed by atoms with Crippen LogP contribution >= 0.6 is 0 Å². The molecule has 0 aromatic carbocycles. The van der Waals surface area contributed by atoms with Gasteiger partial charge >= 0.3 is 6.18 Å². The van der Waals surface area contributed by atoms with Gasteiger partial charge < -0.3 is 10.1 Å². The fourth-order valence-corrected chi connectivity index (χ4v) is 1.28. The summed E-state index contributed by atoms with van der Waals surface area (Å²) in [7, 11) is 0. The smallest absolute Gasteiger partial charge is 0.364 e. The molecule has 0 aromatic heterocycles. The number of hydrogen-bond donors (Lipinski definition) is 1. The van der Waals surface area contributed by atoms with Gasteiger partial charge in [0.05, 0.1) is 6.10 Å². The van der Waals surface area contributed by atoms with Crippen molar-refractivity contribution in [2.75, 3.05) is 6.54 Å². The van der Waals surface area contributed by atoms with Gasteiger partial charge in [-0.3, -0.25) is 4.79 Å². The first-order valence-corrected chi connectivity index (χ1v) is 3.93. The molecule has 13 heavy (non-hydrogen) atoms. The number of rotatable bonds is 3. The molecular weight excluding hydrogens is 187 g/mol. The van der Waals surface area contributed by atoms with Gasteiger partial charge in [-0.15, -0.1) is 0 Å². The van der Waals surface area contributed by atoms with Crippen LogP contribution in [-0.2, 0) is 9.53 Å². The fraction of sp³-hybridized carbons (Fsp3) is 0.857. The van der Waals surface area contributed by atoms with E-state index in [0.717, 1.165) is 0 Å². The molecule has 1 fully saturated rings. The molecule has 0 spiro atoms. The minimum atomic E-state index is -4.28. The maximum absolute atomic E-state index is 12.0. The second kappa shape index (κ2) is 3.95. The standard InChI is InChI=1S/C7H10F3NO2/c8-7(9,10)6-2-1-5(13-6)3-11-4-12/h4-6H,1-3H2,(H,11,12). The summed E-state index contributed by atoms with van der Waals surface area (Å²) in [6.07, 6.45) is -5.68. The Kier molecular flexibility index (Phi) is 3.13. The molecule has 1 rings (SSSR count). The number of nitrogens with one attached hydrogen (secondary N) is 1. The lowest BCUT2D eigenvalue weighted by Gasteiger charge is -2.15. The van der Waals surface area contributed by atoms with Crippen molar-refractivity contribution in [1.82, 2.24) is 5.32 Å². The van der Waals surface area contributed by atoms with Gasteiger partial charge in [0.2, 0.25) is 6.41 Å². The third kappa shape index (κ3) is 2.87. The molecule has 1 aliphatic rings. The summed E-state index contributed by atoms with van der Waals surface area (Å²) < 4.78 is 40.8. The summed E-state index contributed by atoms with van der Waals surface area (Å²) in [6.45, 7) is 0.149. The van der Waals surface area contributed by atoms with E-state index in [4.69, 9.17) is 0 Å². The van der Waals surface area contributed by atoms with Gasteiger partial charge in [0.15, 0.2) is 6.10 Å². The number of halogens is 3. The quantitative estimate of drug-likeness (QED) is 0.681. The van der Waals surface area contributed by atoms with E-state index < -0.39 is 18.4 Å². The maximum atomic E-state index is 12.0. The predicted molar refractivity (Wildman–Crippen MR) is 38.0 cm³/mol. The number of amides is 1. The highest BCUT2D eigenvalue weighted by atomic mass is 19.4. The molecule has 2 atom stereocenters. The lowest BCUT2D eigenvalue weighted by molar-refractivity contribution is -0.214. The summed E-state index contributed by atoms with van der Waals surface area (Å²) in [5, 5.41) is 2.29. The van der Waals surface area contributed by atoms with Gasteiger partial charge in [-0.25, -0.2) is 0 Å². The monoisotopic (exact) mass is 197 g/mol. The molecule has 3 nitrogen and oxygen atoms in total. The molecule has 76 valence electrons. The molecule has 0 radical (unpaired) electrons. The van der Waals surface area contributed by atoms with Crippen LogP contribution in [0.5, 0.6) is 0 Å². The van der Waals surface area contributed by atoms with Crippen LogP contribution in [0.1, 0.15) is 12.8 Å². The van der Waals surface area contributed by atoms with Gasteiger partial charge in [0.1, 0.15) is 0 Å².